The van der Waals surface area contributed by atoms with E-state index < -0.39 is 0 Å². The first-order valence-corrected chi connectivity index (χ1v) is 13.4. The predicted octanol–water partition coefficient (Wildman–Crippen LogP) is 5.10. The van der Waals surface area contributed by atoms with Crippen LogP contribution in [-0.4, -0.2) is 31.1 Å². The summed E-state index contributed by atoms with van der Waals surface area (Å²) in [5.74, 6) is 0. The van der Waals surface area contributed by atoms with Gasteiger partial charge < -0.3 is 4.57 Å². The van der Waals surface area contributed by atoms with E-state index in [1.807, 2.05) is 6.20 Å². The highest BCUT2D eigenvalue weighted by molar-refractivity contribution is 14.2. The summed E-state index contributed by atoms with van der Waals surface area (Å²) in [7, 11) is 2.19. The first kappa shape index (κ1) is 19.4. The summed E-state index contributed by atoms with van der Waals surface area (Å²) >= 11 is -0.0515. The van der Waals surface area contributed by atoms with Crippen molar-refractivity contribution in [3.63, 3.8) is 0 Å². The molecule has 1 atom stereocenters. The smallest absolute Gasteiger partial charge is 0.255 e. The van der Waals surface area contributed by atoms with E-state index in [0.717, 1.165) is 17.7 Å². The summed E-state index contributed by atoms with van der Waals surface area (Å²) in [6, 6.07) is 11.0. The monoisotopic (exact) mass is 523 g/mol. The molecule has 5 heteroatoms. The molecule has 0 saturated carbocycles. The summed E-state index contributed by atoms with van der Waals surface area (Å²) in [5, 5.41) is 1.36. The fourth-order valence-corrected chi connectivity index (χ4v) is 7.24. The molecule has 0 N–H and O–H groups in total. The van der Waals surface area contributed by atoms with Gasteiger partial charge >= 0.3 is 0 Å². The summed E-state index contributed by atoms with van der Waals surface area (Å²) in [6.07, 6.45) is 9.92. The van der Waals surface area contributed by atoms with Crippen LogP contribution in [0.25, 0.3) is 22.2 Å². The lowest BCUT2D eigenvalue weighted by Gasteiger charge is -2.30. The lowest BCUT2D eigenvalue weighted by molar-refractivity contribution is 0.242. The van der Waals surface area contributed by atoms with Crippen LogP contribution in [0.4, 0.5) is 0 Å². The van der Waals surface area contributed by atoms with Gasteiger partial charge in [0.1, 0.15) is 0 Å². The van der Waals surface area contributed by atoms with Gasteiger partial charge in [0.25, 0.3) is 5.56 Å². The SMILES string of the molecule is CC1=CC=C(c2ccn(-c3ccc4c5c(n(C)c4c3)CCN3CCCC53)c(=O)c2)C=I1. The maximum Gasteiger partial charge on any atom is 0.255 e. The van der Waals surface area contributed by atoms with Gasteiger partial charge in [-0.2, -0.15) is 0 Å². The molecule has 3 aliphatic rings. The van der Waals surface area contributed by atoms with Crippen LogP contribution in [0, 0.1) is 0 Å². The van der Waals surface area contributed by atoms with E-state index in [-0.39, 0.29) is 26.3 Å². The Morgan fingerprint density at radius 1 is 1.10 bits per heavy atom. The van der Waals surface area contributed by atoms with Gasteiger partial charge in [-0.3, -0.25) is 14.3 Å². The number of aromatic nitrogens is 2. The molecule has 3 aliphatic heterocycles. The van der Waals surface area contributed by atoms with E-state index in [2.05, 4.69) is 63.9 Å². The zero-order valence-corrected chi connectivity index (χ0v) is 20.1. The van der Waals surface area contributed by atoms with Crippen LogP contribution in [-0.2, 0) is 13.5 Å². The van der Waals surface area contributed by atoms with Crippen LogP contribution >= 0.6 is 20.7 Å². The average molecular weight is 523 g/mol. The molecule has 1 aromatic carbocycles. The Labute approximate surface area is 192 Å². The molecule has 1 fully saturated rings. The van der Waals surface area contributed by atoms with Crippen LogP contribution in [0.3, 0.4) is 0 Å². The maximum absolute atomic E-state index is 13.0. The summed E-state index contributed by atoms with van der Waals surface area (Å²) in [5.41, 5.74) is 7.40. The highest BCUT2D eigenvalue weighted by Gasteiger charge is 2.34. The Balaban J connectivity index is 1.43. The normalized spacial score (nSPS) is 20.8. The van der Waals surface area contributed by atoms with Crippen LogP contribution in [0.1, 0.15) is 42.6 Å². The Hall–Kier alpha value is -2.25. The molecule has 3 aromatic rings. The van der Waals surface area contributed by atoms with Crippen molar-refractivity contribution in [3.05, 3.63) is 79.4 Å². The molecule has 0 spiro atoms. The fraction of sp³-hybridized carbons (Fsp3) is 0.308. The molecule has 4 nitrogen and oxygen atoms in total. The van der Waals surface area contributed by atoms with Gasteiger partial charge in [0.15, 0.2) is 0 Å². The van der Waals surface area contributed by atoms with E-state index in [1.165, 1.54) is 57.2 Å². The van der Waals surface area contributed by atoms with Gasteiger partial charge in [-0.25, -0.2) is 0 Å². The number of allylic oxidation sites excluding steroid dienone is 4. The van der Waals surface area contributed by atoms with Crippen molar-refractivity contribution in [2.24, 2.45) is 7.05 Å². The van der Waals surface area contributed by atoms with Crippen molar-refractivity contribution < 1.29 is 0 Å². The van der Waals surface area contributed by atoms with Gasteiger partial charge in [-0.15, -0.1) is 0 Å². The topological polar surface area (TPSA) is 30.2 Å². The van der Waals surface area contributed by atoms with Crippen molar-refractivity contribution in [2.45, 2.75) is 32.2 Å². The average Bonchev–Trinajstić information content (AvgIpc) is 3.37. The largest absolute Gasteiger partial charge is 0.347 e. The minimum Gasteiger partial charge on any atom is -0.347 e. The van der Waals surface area contributed by atoms with Crippen LogP contribution in [0.15, 0.2) is 57.1 Å². The lowest BCUT2D eigenvalue weighted by atomic mass is 9.96. The van der Waals surface area contributed by atoms with Crippen LogP contribution in [0.2, 0.25) is 0 Å². The summed E-state index contributed by atoms with van der Waals surface area (Å²) in [4.78, 5) is 15.7. The second kappa shape index (κ2) is 7.41. The molecule has 6 rings (SSSR count). The molecular formula is C26H26IN3O. The third-order valence-electron chi connectivity index (χ3n) is 7.05. The third-order valence-corrected chi connectivity index (χ3v) is 9.37. The molecule has 5 heterocycles. The molecule has 0 radical (unpaired) electrons. The minimum absolute atomic E-state index is 0.0246. The number of fused-ring (bicyclic) bond motifs is 5. The second-order valence-corrected chi connectivity index (χ2v) is 11.7. The first-order valence-electron chi connectivity index (χ1n) is 11.0. The third kappa shape index (κ3) is 3.12. The molecule has 1 saturated heterocycles. The maximum atomic E-state index is 13.0. The van der Waals surface area contributed by atoms with E-state index in [0.29, 0.717) is 6.04 Å². The predicted molar refractivity (Wildman–Crippen MR) is 138 cm³/mol. The molecule has 1 unspecified atom stereocenters. The molecule has 0 aliphatic carbocycles. The van der Waals surface area contributed by atoms with Gasteiger partial charge in [-0.1, -0.05) is 38.9 Å². The highest BCUT2D eigenvalue weighted by Crippen LogP contribution is 2.42. The van der Waals surface area contributed by atoms with Gasteiger partial charge in [0, 0.05) is 49.4 Å². The number of halogens is 1. The number of aryl methyl sites for hydroxylation is 1. The van der Waals surface area contributed by atoms with Crippen molar-refractivity contribution in [1.82, 2.24) is 14.0 Å². The van der Waals surface area contributed by atoms with Crippen LogP contribution < -0.4 is 5.56 Å². The van der Waals surface area contributed by atoms with Crippen LogP contribution in [0.5, 0.6) is 0 Å². The number of pyridine rings is 1. The first-order chi connectivity index (χ1) is 15.1. The van der Waals surface area contributed by atoms with Gasteiger partial charge in [0.2, 0.25) is 0 Å². The van der Waals surface area contributed by atoms with Crippen molar-refractivity contribution in [3.8, 4) is 5.69 Å². The lowest BCUT2D eigenvalue weighted by Crippen LogP contribution is -2.31. The summed E-state index contributed by atoms with van der Waals surface area (Å²) < 4.78 is 7.90. The quantitative estimate of drug-likeness (QED) is 0.438. The molecule has 158 valence electrons. The number of rotatable bonds is 2. The Morgan fingerprint density at radius 2 is 2.00 bits per heavy atom. The minimum atomic E-state index is -0.0515. The summed E-state index contributed by atoms with van der Waals surface area (Å²) in [6.45, 7) is 4.57. The fourth-order valence-electron chi connectivity index (χ4n) is 5.45. The number of benzene rings is 1. The van der Waals surface area contributed by atoms with Gasteiger partial charge in [0.05, 0.1) is 11.2 Å². The van der Waals surface area contributed by atoms with Gasteiger partial charge in [-0.05, 0) is 68.8 Å². The number of nitrogens with zero attached hydrogens (tertiary/aromatic N) is 3. The van der Waals surface area contributed by atoms with E-state index in [9.17, 15) is 4.79 Å². The standard InChI is InChI=1S/C26H26IN3O/c1-17-5-6-19(16-27-17)18-9-13-30(25(31)14-18)20-7-8-21-24(15-20)28(2)22-10-12-29-11-3-4-23(29)26(21)22/h5-9,13-16,23H,3-4,10-12H2,1-2H3. The Morgan fingerprint density at radius 3 is 2.81 bits per heavy atom. The second-order valence-electron chi connectivity index (χ2n) is 8.78. The van der Waals surface area contributed by atoms with E-state index >= 15 is 0 Å². The zero-order valence-electron chi connectivity index (χ0n) is 17.9. The number of hydrogen-bond donors (Lipinski definition) is 0. The Bertz CT molecular complexity index is 1370. The molecule has 0 bridgehead atoms. The molecule has 0 amide bonds. The molecule has 31 heavy (non-hydrogen) atoms. The molecule has 2 aromatic heterocycles. The highest BCUT2D eigenvalue weighted by atomic mass is 127. The van der Waals surface area contributed by atoms with Crippen molar-refractivity contribution in [2.75, 3.05) is 13.1 Å². The van der Waals surface area contributed by atoms with E-state index in [4.69, 9.17) is 0 Å². The Kier molecular flexibility index (Phi) is 4.65. The number of hydrogen-bond acceptors (Lipinski definition) is 2. The van der Waals surface area contributed by atoms with Crippen molar-refractivity contribution in [1.29, 1.82) is 0 Å². The van der Waals surface area contributed by atoms with E-state index in [1.54, 1.807) is 10.6 Å². The van der Waals surface area contributed by atoms with Crippen molar-refractivity contribution >= 4 is 41.2 Å². The zero-order chi connectivity index (χ0) is 21.1. The molecular weight excluding hydrogens is 497 g/mol.